The molecule has 174 valence electrons. The van der Waals surface area contributed by atoms with Gasteiger partial charge in [0, 0.05) is 23.2 Å². The van der Waals surface area contributed by atoms with Gasteiger partial charge in [-0.15, -0.1) is 0 Å². The number of hydrogen-bond donors (Lipinski definition) is 2. The van der Waals surface area contributed by atoms with Crippen LogP contribution >= 0.6 is 0 Å². The molecule has 1 aliphatic heterocycles. The van der Waals surface area contributed by atoms with Gasteiger partial charge in [-0.2, -0.15) is 5.26 Å². The third kappa shape index (κ3) is 5.04. The first-order chi connectivity index (χ1) is 17.0. The molecule has 0 atom stereocenters. The highest BCUT2D eigenvalue weighted by molar-refractivity contribution is 6.20. The summed E-state index contributed by atoms with van der Waals surface area (Å²) in [5.41, 5.74) is 2.55. The van der Waals surface area contributed by atoms with Crippen LogP contribution in [-0.4, -0.2) is 31.9 Å². The zero-order valence-electron chi connectivity index (χ0n) is 19.2. The van der Waals surface area contributed by atoms with E-state index in [0.717, 1.165) is 5.56 Å². The second-order valence-corrected chi connectivity index (χ2v) is 7.55. The molecule has 4 rings (SSSR count). The van der Waals surface area contributed by atoms with Gasteiger partial charge in [0.15, 0.2) is 0 Å². The average Bonchev–Trinajstić information content (AvgIpc) is 3.26. The Morgan fingerprint density at radius 3 is 2.09 bits per heavy atom. The minimum absolute atomic E-state index is 0.139. The van der Waals surface area contributed by atoms with Crippen molar-refractivity contribution in [2.24, 2.45) is 4.99 Å². The molecule has 0 radical (unpaired) electrons. The van der Waals surface area contributed by atoms with Gasteiger partial charge in [-0.3, -0.25) is 9.59 Å². The second-order valence-electron chi connectivity index (χ2n) is 7.55. The van der Waals surface area contributed by atoms with Gasteiger partial charge in [0.05, 0.1) is 19.9 Å². The molecule has 2 N–H and O–H groups in total. The third-order valence-corrected chi connectivity index (χ3v) is 5.43. The number of carbonyl (C=O) groups excluding carboxylic acids is 2. The van der Waals surface area contributed by atoms with Crippen molar-refractivity contribution in [3.8, 4) is 17.6 Å². The van der Waals surface area contributed by atoms with E-state index in [0.29, 0.717) is 28.2 Å². The zero-order chi connectivity index (χ0) is 24.8. The van der Waals surface area contributed by atoms with Crippen LogP contribution in [0.5, 0.6) is 11.5 Å². The van der Waals surface area contributed by atoms with Crippen LogP contribution in [0.25, 0.3) is 5.70 Å². The quantitative estimate of drug-likeness (QED) is 0.427. The molecule has 35 heavy (non-hydrogen) atoms. The summed E-state index contributed by atoms with van der Waals surface area (Å²) in [4.78, 5) is 30.2. The number of amides is 2. The highest BCUT2D eigenvalue weighted by Gasteiger charge is 2.27. The van der Waals surface area contributed by atoms with Gasteiger partial charge in [0.1, 0.15) is 29.0 Å². The number of rotatable bonds is 6. The number of aliphatic imine (C=N–C) groups is 1. The van der Waals surface area contributed by atoms with E-state index in [4.69, 9.17) is 9.47 Å². The monoisotopic (exact) mass is 466 g/mol. The molecule has 0 aliphatic carbocycles. The van der Waals surface area contributed by atoms with Gasteiger partial charge in [-0.25, -0.2) is 4.99 Å². The number of carbonyl (C=O) groups is 2. The first kappa shape index (κ1) is 23.3. The van der Waals surface area contributed by atoms with Crippen molar-refractivity contribution >= 4 is 23.3 Å². The van der Waals surface area contributed by atoms with E-state index in [2.05, 4.69) is 15.6 Å². The lowest BCUT2D eigenvalue weighted by molar-refractivity contribution is -0.117. The van der Waals surface area contributed by atoms with Crippen LogP contribution in [-0.2, 0) is 11.3 Å². The van der Waals surface area contributed by atoms with E-state index < -0.39 is 5.91 Å². The topological polar surface area (TPSA) is 113 Å². The number of amidine groups is 1. The molecular weight excluding hydrogens is 444 g/mol. The van der Waals surface area contributed by atoms with Gasteiger partial charge in [-0.1, -0.05) is 36.4 Å². The van der Waals surface area contributed by atoms with Crippen molar-refractivity contribution in [1.82, 2.24) is 10.6 Å². The SMILES string of the molecule is COc1ccc(CNC(=O)/C(C#N)=C2\N=C(NC(=O)c3ccc(OC)cc3)c3ccccc32)cc1. The number of hydrogen-bond acceptors (Lipinski definition) is 6. The highest BCUT2D eigenvalue weighted by atomic mass is 16.5. The minimum Gasteiger partial charge on any atom is -0.497 e. The van der Waals surface area contributed by atoms with Crippen LogP contribution in [0.15, 0.2) is 83.4 Å². The number of nitrogens with zero attached hydrogens (tertiary/aromatic N) is 2. The van der Waals surface area contributed by atoms with Gasteiger partial charge >= 0.3 is 0 Å². The number of nitrogens with one attached hydrogen (secondary N) is 2. The summed E-state index contributed by atoms with van der Waals surface area (Å²) < 4.78 is 10.3. The zero-order valence-corrected chi connectivity index (χ0v) is 19.2. The molecule has 0 fully saturated rings. The third-order valence-electron chi connectivity index (χ3n) is 5.43. The van der Waals surface area contributed by atoms with Crippen molar-refractivity contribution < 1.29 is 19.1 Å². The average molecular weight is 466 g/mol. The first-order valence-electron chi connectivity index (χ1n) is 10.7. The molecule has 0 bridgehead atoms. The fourth-order valence-electron chi connectivity index (χ4n) is 3.56. The predicted molar refractivity (Wildman–Crippen MR) is 131 cm³/mol. The van der Waals surface area contributed by atoms with Crippen molar-refractivity contribution in [1.29, 1.82) is 5.26 Å². The summed E-state index contributed by atoms with van der Waals surface area (Å²) in [6.07, 6.45) is 0. The molecule has 8 heteroatoms. The lowest BCUT2D eigenvalue weighted by atomic mass is 10.0. The van der Waals surface area contributed by atoms with Gasteiger partial charge in [-0.05, 0) is 42.0 Å². The molecule has 2 amide bonds. The van der Waals surface area contributed by atoms with Gasteiger partial charge < -0.3 is 20.1 Å². The maximum atomic E-state index is 12.9. The maximum Gasteiger partial charge on any atom is 0.264 e. The molecule has 3 aromatic carbocycles. The van der Waals surface area contributed by atoms with Crippen LogP contribution in [0, 0.1) is 11.3 Å². The summed E-state index contributed by atoms with van der Waals surface area (Å²) >= 11 is 0. The summed E-state index contributed by atoms with van der Waals surface area (Å²) in [5, 5.41) is 15.3. The molecule has 0 spiro atoms. The largest absolute Gasteiger partial charge is 0.497 e. The highest BCUT2D eigenvalue weighted by Crippen LogP contribution is 2.30. The Balaban J connectivity index is 1.58. The molecule has 1 heterocycles. The van der Waals surface area contributed by atoms with Crippen LogP contribution in [0.4, 0.5) is 0 Å². The van der Waals surface area contributed by atoms with Crippen LogP contribution < -0.4 is 20.1 Å². The lowest BCUT2D eigenvalue weighted by Crippen LogP contribution is -2.30. The normalized spacial score (nSPS) is 13.1. The van der Waals surface area contributed by atoms with Crippen LogP contribution in [0.2, 0.25) is 0 Å². The Hall–Kier alpha value is -4.90. The molecular formula is C27H22N4O4. The fourth-order valence-corrected chi connectivity index (χ4v) is 3.56. The number of fused-ring (bicyclic) bond motifs is 1. The Morgan fingerprint density at radius 1 is 0.886 bits per heavy atom. The Labute approximate surface area is 202 Å². The number of benzene rings is 3. The molecule has 1 aliphatic rings. The van der Waals surface area contributed by atoms with Crippen molar-refractivity contribution in [3.05, 3.63) is 101 Å². The number of nitriles is 1. The van der Waals surface area contributed by atoms with E-state index in [-0.39, 0.29) is 29.6 Å². The van der Waals surface area contributed by atoms with E-state index >= 15 is 0 Å². The maximum absolute atomic E-state index is 12.9. The first-order valence-corrected chi connectivity index (χ1v) is 10.7. The molecule has 0 saturated heterocycles. The van der Waals surface area contributed by atoms with E-state index in [1.165, 1.54) is 0 Å². The van der Waals surface area contributed by atoms with Crippen molar-refractivity contribution in [3.63, 3.8) is 0 Å². The Morgan fingerprint density at radius 2 is 1.49 bits per heavy atom. The number of methoxy groups -OCH3 is 2. The summed E-state index contributed by atoms with van der Waals surface area (Å²) in [7, 11) is 3.13. The summed E-state index contributed by atoms with van der Waals surface area (Å²) in [5.74, 6) is 0.687. The summed E-state index contributed by atoms with van der Waals surface area (Å²) in [6.45, 7) is 0.230. The molecule has 0 unspecified atom stereocenters. The second kappa shape index (κ2) is 10.4. The lowest BCUT2D eigenvalue weighted by Gasteiger charge is -2.07. The van der Waals surface area contributed by atoms with Crippen molar-refractivity contribution in [2.75, 3.05) is 14.2 Å². The molecule has 3 aromatic rings. The molecule has 8 nitrogen and oxygen atoms in total. The minimum atomic E-state index is -0.556. The van der Waals surface area contributed by atoms with E-state index in [1.807, 2.05) is 18.2 Å². The summed E-state index contributed by atoms with van der Waals surface area (Å²) in [6, 6.07) is 23.0. The Bertz CT molecular complexity index is 1370. The Kier molecular flexibility index (Phi) is 6.88. The molecule has 0 saturated carbocycles. The van der Waals surface area contributed by atoms with Gasteiger partial charge in [0.2, 0.25) is 0 Å². The fraction of sp³-hybridized carbons (Fsp3) is 0.111. The van der Waals surface area contributed by atoms with Gasteiger partial charge in [0.25, 0.3) is 11.8 Å². The smallest absolute Gasteiger partial charge is 0.264 e. The van der Waals surface area contributed by atoms with E-state index in [9.17, 15) is 14.9 Å². The van der Waals surface area contributed by atoms with Crippen LogP contribution in [0.3, 0.4) is 0 Å². The standard InChI is InChI=1S/C27H22N4O4/c1-34-19-11-7-17(8-12-19)16-29-27(33)23(15-28)24-21-5-3-4-6-22(21)25(30-24)31-26(32)18-9-13-20(35-2)14-10-18/h3-14H,16H2,1-2H3,(H,29,33)(H,30,31,32)/b24-23-. The van der Waals surface area contributed by atoms with Crippen molar-refractivity contribution in [2.45, 2.75) is 6.54 Å². The predicted octanol–water partition coefficient (Wildman–Crippen LogP) is 3.45. The van der Waals surface area contributed by atoms with E-state index in [1.54, 1.807) is 74.9 Å². The molecule has 0 aromatic heterocycles. The number of ether oxygens (including phenoxy) is 2. The van der Waals surface area contributed by atoms with Crippen LogP contribution in [0.1, 0.15) is 27.0 Å².